The second kappa shape index (κ2) is 9.14. The van der Waals surface area contributed by atoms with Crippen LogP contribution in [0.1, 0.15) is 36.8 Å². The highest BCUT2D eigenvalue weighted by Gasteiger charge is 2.38. The van der Waals surface area contributed by atoms with Crippen molar-refractivity contribution in [3.8, 4) is 11.6 Å². The second-order valence-electron chi connectivity index (χ2n) is 6.74. The van der Waals surface area contributed by atoms with E-state index in [1.54, 1.807) is 31.3 Å². The molecule has 1 heterocycles. The Balaban J connectivity index is 0.000000516. The number of amides is 1. The summed E-state index contributed by atoms with van der Waals surface area (Å²) in [5.41, 5.74) is 2.73. The van der Waals surface area contributed by atoms with Crippen LogP contribution in [0.15, 0.2) is 24.3 Å². The van der Waals surface area contributed by atoms with E-state index in [2.05, 4.69) is 10.5 Å². The summed E-state index contributed by atoms with van der Waals surface area (Å²) < 4.78 is 39.1. The standard InChI is InChI=1S/C15H19ClN4O2.C2HF3O2/c1-15(2,3)12-11(13(21)18-17)14(20(4)19-12)22-10-7-5-6-9(16)8-10;3-2(4,5)1(6)7/h5-8H,17H2,1-4H3,(H,18,21);(H,6,7). The average Bonchev–Trinajstić information content (AvgIpc) is 2.91. The minimum absolute atomic E-state index is 0.315. The summed E-state index contributed by atoms with van der Waals surface area (Å²) in [5.74, 6) is 2.92. The Morgan fingerprint density at radius 1 is 1.28 bits per heavy atom. The molecule has 0 aliphatic heterocycles. The Kier molecular flexibility index (Phi) is 7.64. The van der Waals surface area contributed by atoms with Crippen LogP contribution in [0.25, 0.3) is 0 Å². The van der Waals surface area contributed by atoms with Crippen LogP contribution in [0.4, 0.5) is 13.2 Å². The first-order valence-corrected chi connectivity index (χ1v) is 8.38. The maximum Gasteiger partial charge on any atom is 0.490 e. The lowest BCUT2D eigenvalue weighted by molar-refractivity contribution is -0.192. The molecule has 2 aromatic rings. The maximum atomic E-state index is 12.2. The maximum absolute atomic E-state index is 12.2. The summed E-state index contributed by atoms with van der Waals surface area (Å²) in [6, 6.07) is 6.92. The number of carbonyl (C=O) groups excluding carboxylic acids is 1. The summed E-state index contributed by atoms with van der Waals surface area (Å²) in [7, 11) is 1.71. The minimum Gasteiger partial charge on any atom is -0.475 e. The number of halogens is 4. The van der Waals surface area contributed by atoms with Gasteiger partial charge in [0.1, 0.15) is 11.3 Å². The Morgan fingerprint density at radius 2 is 1.83 bits per heavy atom. The molecule has 1 aromatic heterocycles. The number of nitrogens with two attached hydrogens (primary N) is 1. The fraction of sp³-hybridized carbons (Fsp3) is 0.353. The number of hydrazine groups is 1. The van der Waals surface area contributed by atoms with Crippen molar-refractivity contribution in [2.75, 3.05) is 0 Å². The lowest BCUT2D eigenvalue weighted by Crippen LogP contribution is -2.32. The van der Waals surface area contributed by atoms with Gasteiger partial charge in [-0.1, -0.05) is 38.4 Å². The molecule has 0 radical (unpaired) electrons. The van der Waals surface area contributed by atoms with Gasteiger partial charge in [0.15, 0.2) is 0 Å². The molecule has 0 spiro atoms. The van der Waals surface area contributed by atoms with E-state index in [9.17, 15) is 18.0 Å². The van der Waals surface area contributed by atoms with Gasteiger partial charge in [0.25, 0.3) is 5.91 Å². The number of hydrogen-bond acceptors (Lipinski definition) is 5. The Bertz CT molecular complexity index is 892. The zero-order valence-corrected chi connectivity index (χ0v) is 16.7. The van der Waals surface area contributed by atoms with Crippen LogP contribution >= 0.6 is 11.6 Å². The molecule has 1 aromatic carbocycles. The van der Waals surface area contributed by atoms with E-state index >= 15 is 0 Å². The van der Waals surface area contributed by atoms with Crippen LogP contribution in [-0.4, -0.2) is 32.9 Å². The molecule has 160 valence electrons. The van der Waals surface area contributed by atoms with Gasteiger partial charge >= 0.3 is 12.1 Å². The van der Waals surface area contributed by atoms with Crippen LogP contribution < -0.4 is 16.0 Å². The number of nitrogen functional groups attached to an aromatic ring is 1. The number of aromatic nitrogens is 2. The minimum atomic E-state index is -5.08. The predicted octanol–water partition coefficient (Wildman–Crippen LogP) is 3.40. The molecule has 2 rings (SSSR count). The van der Waals surface area contributed by atoms with Gasteiger partial charge in [-0.25, -0.2) is 15.3 Å². The highest BCUT2D eigenvalue weighted by molar-refractivity contribution is 6.30. The summed E-state index contributed by atoms with van der Waals surface area (Å²) in [5, 5.41) is 12.1. The highest BCUT2D eigenvalue weighted by atomic mass is 35.5. The molecule has 29 heavy (non-hydrogen) atoms. The van der Waals surface area contributed by atoms with E-state index in [1.807, 2.05) is 20.8 Å². The van der Waals surface area contributed by atoms with Crippen molar-refractivity contribution < 1.29 is 32.6 Å². The van der Waals surface area contributed by atoms with Crippen molar-refractivity contribution in [1.29, 1.82) is 0 Å². The van der Waals surface area contributed by atoms with Crippen LogP contribution in [-0.2, 0) is 17.3 Å². The molecule has 0 saturated heterocycles. The summed E-state index contributed by atoms with van der Waals surface area (Å²) in [6.07, 6.45) is -5.08. The Hall–Kier alpha value is -2.79. The zero-order valence-electron chi connectivity index (χ0n) is 16.0. The summed E-state index contributed by atoms with van der Waals surface area (Å²) in [6.45, 7) is 5.89. The third-order valence-corrected chi connectivity index (χ3v) is 3.55. The lowest BCUT2D eigenvalue weighted by Gasteiger charge is -2.16. The Morgan fingerprint density at radius 3 is 2.24 bits per heavy atom. The fourth-order valence-corrected chi connectivity index (χ4v) is 2.25. The molecule has 0 bridgehead atoms. The van der Waals surface area contributed by atoms with E-state index in [4.69, 9.17) is 32.1 Å². The quantitative estimate of drug-likeness (QED) is 0.385. The first-order valence-electron chi connectivity index (χ1n) is 8.00. The first-order chi connectivity index (χ1) is 13.2. The molecule has 12 heteroatoms. The Labute approximate surface area is 169 Å². The molecule has 0 fully saturated rings. The number of carboxylic acids is 1. The van der Waals surface area contributed by atoms with Gasteiger partial charge in [-0.05, 0) is 18.2 Å². The summed E-state index contributed by atoms with van der Waals surface area (Å²) in [4.78, 5) is 21.1. The van der Waals surface area contributed by atoms with Gasteiger partial charge in [0.05, 0.1) is 5.69 Å². The largest absolute Gasteiger partial charge is 0.490 e. The molecular formula is C17H20ClF3N4O4. The SMILES string of the molecule is Cn1nc(C(C)(C)C)c(C(=O)NN)c1Oc1cccc(Cl)c1.O=C(O)C(F)(F)F. The predicted molar refractivity (Wildman–Crippen MR) is 98.8 cm³/mol. The third-order valence-electron chi connectivity index (χ3n) is 3.32. The normalized spacial score (nSPS) is 11.3. The number of nitrogens with one attached hydrogen (secondary N) is 1. The molecule has 4 N–H and O–H groups in total. The molecule has 0 unspecified atom stereocenters. The number of carbonyl (C=O) groups is 2. The van der Waals surface area contributed by atoms with E-state index in [1.165, 1.54) is 4.68 Å². The lowest BCUT2D eigenvalue weighted by atomic mass is 9.89. The van der Waals surface area contributed by atoms with Gasteiger partial charge in [-0.15, -0.1) is 0 Å². The fourth-order valence-electron chi connectivity index (χ4n) is 2.07. The number of benzene rings is 1. The van der Waals surface area contributed by atoms with E-state index < -0.39 is 18.1 Å². The average molecular weight is 437 g/mol. The number of aliphatic carboxylic acids is 1. The monoisotopic (exact) mass is 436 g/mol. The van der Waals surface area contributed by atoms with E-state index in [-0.39, 0.29) is 5.41 Å². The van der Waals surface area contributed by atoms with Crippen LogP contribution in [0.5, 0.6) is 11.6 Å². The first kappa shape index (κ1) is 24.2. The zero-order chi connectivity index (χ0) is 22.6. The third kappa shape index (κ3) is 6.64. The second-order valence-corrected chi connectivity index (χ2v) is 7.17. The number of ether oxygens (including phenoxy) is 1. The van der Waals surface area contributed by atoms with Crippen molar-refractivity contribution in [1.82, 2.24) is 15.2 Å². The van der Waals surface area contributed by atoms with Gasteiger partial charge in [0, 0.05) is 17.5 Å². The summed E-state index contributed by atoms with van der Waals surface area (Å²) >= 11 is 5.96. The van der Waals surface area contributed by atoms with E-state index in [0.29, 0.717) is 27.9 Å². The smallest absolute Gasteiger partial charge is 0.475 e. The molecule has 0 atom stereocenters. The number of alkyl halides is 3. The van der Waals surface area contributed by atoms with Crippen LogP contribution in [0.2, 0.25) is 5.02 Å². The number of carboxylic acid groups (broad SMARTS) is 1. The number of nitrogens with zero attached hydrogens (tertiary/aromatic N) is 2. The van der Waals surface area contributed by atoms with Crippen molar-refractivity contribution in [3.63, 3.8) is 0 Å². The van der Waals surface area contributed by atoms with Gasteiger partial charge < -0.3 is 9.84 Å². The van der Waals surface area contributed by atoms with Gasteiger partial charge in [-0.3, -0.25) is 10.2 Å². The van der Waals surface area contributed by atoms with Gasteiger partial charge in [0.2, 0.25) is 5.88 Å². The number of rotatable bonds is 3. The van der Waals surface area contributed by atoms with Crippen molar-refractivity contribution in [3.05, 3.63) is 40.5 Å². The molecule has 0 saturated carbocycles. The molecular weight excluding hydrogens is 417 g/mol. The topological polar surface area (TPSA) is 119 Å². The van der Waals surface area contributed by atoms with Crippen molar-refractivity contribution in [2.45, 2.75) is 32.4 Å². The van der Waals surface area contributed by atoms with Crippen LogP contribution in [0, 0.1) is 0 Å². The van der Waals surface area contributed by atoms with Crippen LogP contribution in [0.3, 0.4) is 0 Å². The van der Waals surface area contributed by atoms with Crippen molar-refractivity contribution >= 4 is 23.5 Å². The number of aryl methyl sites for hydroxylation is 1. The number of hydrogen-bond donors (Lipinski definition) is 3. The molecule has 0 aliphatic carbocycles. The molecule has 1 amide bonds. The van der Waals surface area contributed by atoms with Gasteiger partial charge in [-0.2, -0.15) is 18.3 Å². The molecule has 0 aliphatic rings. The van der Waals surface area contributed by atoms with E-state index in [0.717, 1.165) is 0 Å². The highest BCUT2D eigenvalue weighted by Crippen LogP contribution is 2.34. The molecule has 8 nitrogen and oxygen atoms in total. The van der Waals surface area contributed by atoms with Crippen molar-refractivity contribution in [2.24, 2.45) is 12.9 Å².